The van der Waals surface area contributed by atoms with Gasteiger partial charge in [-0.15, -0.1) is 0 Å². The standard InChI is InChI=1S/C13H12BrClN2O2S/c1-6-4-8(5-7(2)9(6)14)16-13-17-11(15)10(20-13)12(18)19-3/h4-5H,1-3H3,(H,16,17). The SMILES string of the molecule is COC(=O)c1sc(Nc2cc(C)c(Br)c(C)c2)nc1Cl. The first-order valence-corrected chi connectivity index (χ1v) is 7.69. The number of aromatic nitrogens is 1. The molecule has 0 aliphatic rings. The minimum atomic E-state index is -0.483. The number of methoxy groups -OCH3 is 1. The van der Waals surface area contributed by atoms with Crippen LogP contribution in [-0.4, -0.2) is 18.1 Å². The monoisotopic (exact) mass is 374 g/mol. The van der Waals surface area contributed by atoms with E-state index in [2.05, 4.69) is 31.0 Å². The third-order valence-corrected chi connectivity index (χ3v) is 5.23. The molecule has 2 rings (SSSR count). The highest BCUT2D eigenvalue weighted by atomic mass is 79.9. The maximum Gasteiger partial charge on any atom is 0.351 e. The van der Waals surface area contributed by atoms with E-state index >= 15 is 0 Å². The third-order valence-electron chi connectivity index (χ3n) is 2.64. The third kappa shape index (κ3) is 3.13. The molecule has 2 aromatic rings. The highest BCUT2D eigenvalue weighted by Crippen LogP contribution is 2.31. The Kier molecular flexibility index (Phi) is 4.67. The fourth-order valence-electron chi connectivity index (χ4n) is 1.72. The Morgan fingerprint density at radius 2 is 2.00 bits per heavy atom. The molecule has 1 heterocycles. The highest BCUT2D eigenvalue weighted by Gasteiger charge is 2.17. The number of carbonyl (C=O) groups excluding carboxylic acids is 1. The number of ether oxygens (including phenoxy) is 1. The van der Waals surface area contributed by atoms with E-state index in [0.717, 1.165) is 32.6 Å². The van der Waals surface area contributed by atoms with Crippen LogP contribution in [-0.2, 0) is 4.74 Å². The molecule has 7 heteroatoms. The minimum Gasteiger partial charge on any atom is -0.465 e. The van der Waals surface area contributed by atoms with Crippen LogP contribution in [0.1, 0.15) is 20.8 Å². The van der Waals surface area contributed by atoms with Gasteiger partial charge in [-0.1, -0.05) is 38.9 Å². The molecule has 0 saturated heterocycles. The maximum absolute atomic E-state index is 11.5. The molecule has 1 aromatic carbocycles. The Morgan fingerprint density at radius 3 is 2.55 bits per heavy atom. The second-order valence-corrected chi connectivity index (χ2v) is 6.33. The first-order chi connectivity index (χ1) is 9.42. The van der Waals surface area contributed by atoms with Gasteiger partial charge in [-0.3, -0.25) is 0 Å². The Morgan fingerprint density at radius 1 is 1.40 bits per heavy atom. The van der Waals surface area contributed by atoms with E-state index in [1.54, 1.807) is 0 Å². The number of aryl methyl sites for hydroxylation is 2. The minimum absolute atomic E-state index is 0.148. The molecule has 1 N–H and O–H groups in total. The zero-order valence-corrected chi connectivity index (χ0v) is 14.2. The Hall–Kier alpha value is -1.11. The number of hydrogen-bond acceptors (Lipinski definition) is 5. The molecule has 0 aliphatic carbocycles. The molecule has 0 aliphatic heterocycles. The molecular weight excluding hydrogens is 364 g/mol. The Balaban J connectivity index is 2.29. The molecule has 0 radical (unpaired) electrons. The molecule has 0 fully saturated rings. The summed E-state index contributed by atoms with van der Waals surface area (Å²) in [7, 11) is 1.31. The number of benzene rings is 1. The van der Waals surface area contributed by atoms with E-state index in [1.807, 2.05) is 26.0 Å². The van der Waals surface area contributed by atoms with Gasteiger partial charge in [0.2, 0.25) is 0 Å². The number of carbonyl (C=O) groups is 1. The van der Waals surface area contributed by atoms with Crippen LogP contribution in [0.5, 0.6) is 0 Å². The number of rotatable bonds is 3. The summed E-state index contributed by atoms with van der Waals surface area (Å²) in [4.78, 5) is 15.9. The van der Waals surface area contributed by atoms with Crippen LogP contribution in [0.4, 0.5) is 10.8 Å². The lowest BCUT2D eigenvalue weighted by atomic mass is 10.1. The molecule has 0 bridgehead atoms. The van der Waals surface area contributed by atoms with Crippen molar-refractivity contribution in [1.82, 2.24) is 4.98 Å². The van der Waals surface area contributed by atoms with E-state index in [1.165, 1.54) is 7.11 Å². The Bertz CT molecular complexity index is 649. The van der Waals surface area contributed by atoms with E-state index in [-0.39, 0.29) is 5.15 Å². The lowest BCUT2D eigenvalue weighted by Gasteiger charge is -2.08. The summed E-state index contributed by atoms with van der Waals surface area (Å²) in [6, 6.07) is 3.98. The summed E-state index contributed by atoms with van der Waals surface area (Å²) in [6.45, 7) is 4.02. The number of hydrogen-bond donors (Lipinski definition) is 1. The van der Waals surface area contributed by atoms with Crippen LogP contribution in [0.15, 0.2) is 16.6 Å². The summed E-state index contributed by atoms with van der Waals surface area (Å²) >= 11 is 10.6. The normalized spacial score (nSPS) is 10.4. The van der Waals surface area contributed by atoms with Crippen molar-refractivity contribution in [3.8, 4) is 0 Å². The van der Waals surface area contributed by atoms with Crippen LogP contribution < -0.4 is 5.32 Å². The number of nitrogens with one attached hydrogen (secondary N) is 1. The second-order valence-electron chi connectivity index (χ2n) is 4.18. The molecule has 106 valence electrons. The van der Waals surface area contributed by atoms with Crippen molar-refractivity contribution in [2.45, 2.75) is 13.8 Å². The van der Waals surface area contributed by atoms with Gasteiger partial charge in [-0.05, 0) is 37.1 Å². The average Bonchev–Trinajstić information content (AvgIpc) is 2.75. The first-order valence-electron chi connectivity index (χ1n) is 5.70. The molecular formula is C13H12BrClN2O2S. The van der Waals surface area contributed by atoms with Gasteiger partial charge < -0.3 is 10.1 Å². The number of nitrogens with zero attached hydrogens (tertiary/aromatic N) is 1. The van der Waals surface area contributed by atoms with Gasteiger partial charge in [0.05, 0.1) is 7.11 Å². The first kappa shape index (κ1) is 15.3. The zero-order valence-electron chi connectivity index (χ0n) is 11.1. The second kappa shape index (κ2) is 6.11. The van der Waals surface area contributed by atoms with E-state index < -0.39 is 5.97 Å². The van der Waals surface area contributed by atoms with Crippen molar-refractivity contribution >= 4 is 55.7 Å². The summed E-state index contributed by atoms with van der Waals surface area (Å²) in [6.07, 6.45) is 0. The van der Waals surface area contributed by atoms with Gasteiger partial charge in [-0.2, -0.15) is 0 Å². The van der Waals surface area contributed by atoms with E-state index in [4.69, 9.17) is 11.6 Å². The van der Waals surface area contributed by atoms with E-state index in [0.29, 0.717) is 10.0 Å². The number of esters is 1. The van der Waals surface area contributed by atoms with Gasteiger partial charge in [0.15, 0.2) is 15.2 Å². The zero-order chi connectivity index (χ0) is 14.9. The van der Waals surface area contributed by atoms with Gasteiger partial charge in [-0.25, -0.2) is 9.78 Å². The smallest absolute Gasteiger partial charge is 0.351 e. The summed E-state index contributed by atoms with van der Waals surface area (Å²) in [5.41, 5.74) is 3.12. The predicted molar refractivity (Wildman–Crippen MR) is 85.4 cm³/mol. The van der Waals surface area contributed by atoms with Gasteiger partial charge in [0.25, 0.3) is 0 Å². The molecule has 0 saturated carbocycles. The number of anilines is 2. The van der Waals surface area contributed by atoms with Crippen molar-refractivity contribution in [1.29, 1.82) is 0 Å². The molecule has 20 heavy (non-hydrogen) atoms. The van der Waals surface area contributed by atoms with Gasteiger partial charge >= 0.3 is 5.97 Å². The summed E-state index contributed by atoms with van der Waals surface area (Å²) < 4.78 is 5.73. The van der Waals surface area contributed by atoms with Crippen molar-refractivity contribution in [2.75, 3.05) is 12.4 Å². The molecule has 1 aromatic heterocycles. The van der Waals surface area contributed by atoms with E-state index in [9.17, 15) is 4.79 Å². The fourth-order valence-corrected chi connectivity index (χ4v) is 3.07. The van der Waals surface area contributed by atoms with Crippen LogP contribution in [0, 0.1) is 13.8 Å². The van der Waals surface area contributed by atoms with Crippen molar-refractivity contribution in [3.63, 3.8) is 0 Å². The molecule has 0 amide bonds. The highest BCUT2D eigenvalue weighted by molar-refractivity contribution is 9.10. The fraction of sp³-hybridized carbons (Fsp3) is 0.231. The summed E-state index contributed by atoms with van der Waals surface area (Å²) in [5, 5.41) is 3.85. The van der Waals surface area contributed by atoms with Crippen molar-refractivity contribution < 1.29 is 9.53 Å². The molecule has 0 unspecified atom stereocenters. The number of thiazole rings is 1. The largest absolute Gasteiger partial charge is 0.465 e. The molecule has 4 nitrogen and oxygen atoms in total. The topological polar surface area (TPSA) is 51.2 Å². The Labute approximate surface area is 134 Å². The van der Waals surface area contributed by atoms with Crippen LogP contribution in [0.3, 0.4) is 0 Å². The molecule has 0 spiro atoms. The quantitative estimate of drug-likeness (QED) is 0.790. The van der Waals surface area contributed by atoms with Crippen molar-refractivity contribution in [3.05, 3.63) is 37.8 Å². The maximum atomic E-state index is 11.5. The van der Waals surface area contributed by atoms with Gasteiger partial charge in [0.1, 0.15) is 0 Å². The van der Waals surface area contributed by atoms with Crippen LogP contribution >= 0.6 is 38.9 Å². The van der Waals surface area contributed by atoms with Crippen molar-refractivity contribution in [2.24, 2.45) is 0 Å². The van der Waals surface area contributed by atoms with Crippen LogP contribution in [0.25, 0.3) is 0 Å². The van der Waals surface area contributed by atoms with Crippen LogP contribution in [0.2, 0.25) is 5.15 Å². The predicted octanol–water partition coefficient (Wildman–Crippen LogP) is 4.71. The average molecular weight is 376 g/mol. The lowest BCUT2D eigenvalue weighted by Crippen LogP contribution is -1.98. The molecule has 0 atom stereocenters. The summed E-state index contributed by atoms with van der Waals surface area (Å²) in [5.74, 6) is -0.483. The lowest BCUT2D eigenvalue weighted by molar-refractivity contribution is 0.0606. The number of halogens is 2. The van der Waals surface area contributed by atoms with Gasteiger partial charge in [0, 0.05) is 10.2 Å².